The Hall–Kier alpha value is -2.04. The Kier molecular flexibility index (Phi) is 6.63. The first-order chi connectivity index (χ1) is 13.4. The van der Waals surface area contributed by atoms with Gasteiger partial charge in [0.2, 0.25) is 0 Å². The molecular formula is C22H22Cl2O4. The molecule has 0 amide bonds. The lowest BCUT2D eigenvalue weighted by atomic mass is 10.0. The second-order valence-electron chi connectivity index (χ2n) is 6.92. The Morgan fingerprint density at radius 2 is 1.18 bits per heavy atom. The fraction of sp³-hybridized carbons (Fsp3) is 0.364. The van der Waals surface area contributed by atoms with E-state index < -0.39 is 0 Å². The molecule has 0 spiro atoms. The lowest BCUT2D eigenvalue weighted by Crippen LogP contribution is -2.11. The summed E-state index contributed by atoms with van der Waals surface area (Å²) in [4.78, 5) is 22.8. The van der Waals surface area contributed by atoms with Crippen molar-refractivity contribution in [3.63, 3.8) is 0 Å². The van der Waals surface area contributed by atoms with Gasteiger partial charge in [0.15, 0.2) is 0 Å². The normalized spacial score (nSPS) is 19.1. The molecule has 4 nitrogen and oxygen atoms in total. The number of carbonyl (C=O) groups excluding carboxylic acids is 2. The van der Waals surface area contributed by atoms with E-state index in [0.29, 0.717) is 0 Å². The van der Waals surface area contributed by atoms with Crippen molar-refractivity contribution < 1.29 is 19.1 Å². The molecular weight excluding hydrogens is 399 g/mol. The molecule has 0 fully saturated rings. The highest BCUT2D eigenvalue weighted by Gasteiger charge is 2.30. The summed E-state index contributed by atoms with van der Waals surface area (Å²) in [6.07, 6.45) is 3.50. The largest absolute Gasteiger partial charge is 0.469 e. The zero-order chi connectivity index (χ0) is 20.3. The molecule has 148 valence electrons. The van der Waals surface area contributed by atoms with E-state index in [-0.39, 0.29) is 23.8 Å². The van der Waals surface area contributed by atoms with Crippen LogP contribution in [0, 0.1) is 0 Å². The van der Waals surface area contributed by atoms with Gasteiger partial charge in [0.1, 0.15) is 0 Å². The van der Waals surface area contributed by atoms with Crippen LogP contribution in [0.1, 0.15) is 46.9 Å². The van der Waals surface area contributed by atoms with E-state index in [1.807, 2.05) is 36.4 Å². The first kappa shape index (κ1) is 20.7. The molecule has 0 unspecified atom stereocenters. The molecule has 0 heterocycles. The van der Waals surface area contributed by atoms with Crippen LogP contribution in [0.3, 0.4) is 0 Å². The molecule has 0 radical (unpaired) electrons. The van der Waals surface area contributed by atoms with Crippen LogP contribution in [0.15, 0.2) is 36.4 Å². The van der Waals surface area contributed by atoms with E-state index >= 15 is 0 Å². The van der Waals surface area contributed by atoms with E-state index in [2.05, 4.69) is 0 Å². The first-order valence-electron chi connectivity index (χ1n) is 9.17. The Morgan fingerprint density at radius 3 is 1.54 bits per heavy atom. The number of ether oxygens (including phenoxy) is 2. The SMILES string of the molecule is COC(=O)[C@@H]1CCc2cc(Cl)ccc21.COC(=O)[C@H]1CCc2cc(Cl)ccc21. The van der Waals surface area contributed by atoms with Crippen LogP contribution in [-0.4, -0.2) is 26.2 Å². The Morgan fingerprint density at radius 1 is 0.786 bits per heavy atom. The van der Waals surface area contributed by atoms with Crippen molar-refractivity contribution in [2.75, 3.05) is 14.2 Å². The van der Waals surface area contributed by atoms with E-state index in [9.17, 15) is 9.59 Å². The number of fused-ring (bicyclic) bond motifs is 2. The average Bonchev–Trinajstić information content (AvgIpc) is 3.30. The second kappa shape index (κ2) is 8.97. The van der Waals surface area contributed by atoms with E-state index in [4.69, 9.17) is 32.7 Å². The third kappa shape index (κ3) is 4.34. The Labute approximate surface area is 174 Å². The summed E-state index contributed by atoms with van der Waals surface area (Å²) in [5, 5.41) is 1.46. The summed E-state index contributed by atoms with van der Waals surface area (Å²) in [7, 11) is 2.85. The molecule has 2 aromatic rings. The van der Waals surface area contributed by atoms with Crippen molar-refractivity contribution in [2.24, 2.45) is 0 Å². The highest BCUT2D eigenvalue weighted by atomic mass is 35.5. The molecule has 2 aromatic carbocycles. The van der Waals surface area contributed by atoms with Gasteiger partial charge in [-0.25, -0.2) is 0 Å². The van der Waals surface area contributed by atoms with Gasteiger partial charge in [0.05, 0.1) is 26.1 Å². The standard InChI is InChI=1S/2C11H11ClO2/c2*1-14-11(13)10-4-2-7-6-8(12)3-5-9(7)10/h2*3,5-6,10H,2,4H2,1H3/t2*10-/m10/s1. The molecule has 0 saturated carbocycles. The molecule has 2 atom stereocenters. The summed E-state index contributed by atoms with van der Waals surface area (Å²) in [6.45, 7) is 0. The quantitative estimate of drug-likeness (QED) is 0.635. The maximum absolute atomic E-state index is 11.4. The van der Waals surface area contributed by atoms with Crippen molar-refractivity contribution in [1.29, 1.82) is 0 Å². The Balaban J connectivity index is 0.000000161. The smallest absolute Gasteiger partial charge is 0.313 e. The minimum absolute atomic E-state index is 0.0905. The predicted octanol–water partition coefficient (Wildman–Crippen LogP) is 5.09. The van der Waals surface area contributed by atoms with Gasteiger partial charge in [-0.1, -0.05) is 35.3 Å². The number of hydrogen-bond donors (Lipinski definition) is 0. The minimum Gasteiger partial charge on any atom is -0.469 e. The molecule has 0 aromatic heterocycles. The number of halogens is 2. The maximum Gasteiger partial charge on any atom is 0.313 e. The number of carbonyl (C=O) groups is 2. The molecule has 4 rings (SSSR count). The van der Waals surface area contributed by atoms with Crippen molar-refractivity contribution >= 4 is 35.1 Å². The van der Waals surface area contributed by atoms with Crippen molar-refractivity contribution in [3.8, 4) is 0 Å². The van der Waals surface area contributed by atoms with Gasteiger partial charge in [0, 0.05) is 10.0 Å². The predicted molar refractivity (Wildman–Crippen MR) is 109 cm³/mol. The van der Waals surface area contributed by atoms with E-state index in [1.54, 1.807) is 0 Å². The first-order valence-corrected chi connectivity index (χ1v) is 9.92. The van der Waals surface area contributed by atoms with Gasteiger partial charge in [-0.2, -0.15) is 0 Å². The topological polar surface area (TPSA) is 52.6 Å². The van der Waals surface area contributed by atoms with Gasteiger partial charge >= 0.3 is 11.9 Å². The summed E-state index contributed by atoms with van der Waals surface area (Å²) in [5.74, 6) is -0.475. The number of hydrogen-bond acceptors (Lipinski definition) is 4. The highest BCUT2D eigenvalue weighted by Crippen LogP contribution is 2.36. The molecule has 0 bridgehead atoms. The molecule has 0 saturated heterocycles. The van der Waals surface area contributed by atoms with Gasteiger partial charge < -0.3 is 9.47 Å². The molecule has 0 aliphatic heterocycles. The second-order valence-corrected chi connectivity index (χ2v) is 7.79. The van der Waals surface area contributed by atoms with Gasteiger partial charge in [0.25, 0.3) is 0 Å². The monoisotopic (exact) mass is 420 g/mol. The molecule has 0 N–H and O–H groups in total. The van der Waals surface area contributed by atoms with Crippen molar-refractivity contribution in [2.45, 2.75) is 37.5 Å². The molecule has 28 heavy (non-hydrogen) atoms. The summed E-state index contributed by atoms with van der Waals surface area (Å²) in [5.41, 5.74) is 4.49. The summed E-state index contributed by atoms with van der Waals surface area (Å²) >= 11 is 11.7. The van der Waals surface area contributed by atoms with Gasteiger partial charge in [-0.3, -0.25) is 9.59 Å². The summed E-state index contributed by atoms with van der Waals surface area (Å²) in [6, 6.07) is 11.3. The Bertz CT molecular complexity index is 821. The van der Waals surface area contributed by atoms with E-state index in [0.717, 1.165) is 46.9 Å². The molecule has 6 heteroatoms. The molecule has 2 aliphatic rings. The van der Waals surface area contributed by atoms with Crippen LogP contribution >= 0.6 is 23.2 Å². The van der Waals surface area contributed by atoms with Crippen molar-refractivity contribution in [1.82, 2.24) is 0 Å². The van der Waals surface area contributed by atoms with Gasteiger partial charge in [-0.05, 0) is 72.2 Å². The highest BCUT2D eigenvalue weighted by molar-refractivity contribution is 6.31. The minimum atomic E-state index is -0.147. The number of rotatable bonds is 2. The van der Waals surface area contributed by atoms with E-state index in [1.165, 1.54) is 25.3 Å². The van der Waals surface area contributed by atoms with Crippen LogP contribution in [-0.2, 0) is 31.9 Å². The van der Waals surface area contributed by atoms with Crippen LogP contribution in [0.2, 0.25) is 10.0 Å². The van der Waals surface area contributed by atoms with Crippen LogP contribution in [0.5, 0.6) is 0 Å². The lowest BCUT2D eigenvalue weighted by Gasteiger charge is -2.08. The van der Waals surface area contributed by atoms with Crippen LogP contribution < -0.4 is 0 Å². The number of aryl methyl sites for hydroxylation is 2. The lowest BCUT2D eigenvalue weighted by molar-refractivity contribution is -0.143. The number of benzene rings is 2. The summed E-state index contributed by atoms with van der Waals surface area (Å²) < 4.78 is 9.50. The number of methoxy groups -OCH3 is 2. The number of esters is 2. The fourth-order valence-electron chi connectivity index (χ4n) is 3.95. The van der Waals surface area contributed by atoms with Crippen LogP contribution in [0.25, 0.3) is 0 Å². The fourth-order valence-corrected chi connectivity index (χ4v) is 4.34. The van der Waals surface area contributed by atoms with Gasteiger partial charge in [-0.15, -0.1) is 0 Å². The zero-order valence-corrected chi connectivity index (χ0v) is 17.3. The van der Waals surface area contributed by atoms with Crippen LogP contribution in [0.4, 0.5) is 0 Å². The maximum atomic E-state index is 11.4. The van der Waals surface area contributed by atoms with Crippen molar-refractivity contribution in [3.05, 3.63) is 68.7 Å². The molecule has 2 aliphatic carbocycles. The third-order valence-electron chi connectivity index (χ3n) is 5.34. The zero-order valence-electron chi connectivity index (χ0n) is 15.8. The average molecular weight is 421 g/mol. The third-order valence-corrected chi connectivity index (χ3v) is 5.81.